The highest BCUT2D eigenvalue weighted by molar-refractivity contribution is 9.10. The fourth-order valence-electron chi connectivity index (χ4n) is 1.46. The van der Waals surface area contributed by atoms with Gasteiger partial charge in [0.05, 0.1) is 5.69 Å². The summed E-state index contributed by atoms with van der Waals surface area (Å²) in [6.07, 6.45) is 0. The van der Waals surface area contributed by atoms with Gasteiger partial charge in [0.15, 0.2) is 0 Å². The maximum atomic E-state index is 13.4. The van der Waals surface area contributed by atoms with Crippen LogP contribution in [-0.2, 0) is 6.54 Å². The largest absolute Gasteiger partial charge is 0.379 e. The number of hydrogen-bond donors (Lipinski definition) is 1. The van der Waals surface area contributed by atoms with E-state index in [0.29, 0.717) is 17.3 Å². The Morgan fingerprint density at radius 3 is 2.65 bits per heavy atom. The molecule has 0 aliphatic carbocycles. The summed E-state index contributed by atoms with van der Waals surface area (Å²) in [6, 6.07) is 12.1. The van der Waals surface area contributed by atoms with Crippen molar-refractivity contribution in [2.75, 3.05) is 5.32 Å². The van der Waals surface area contributed by atoms with Gasteiger partial charge in [0.1, 0.15) is 5.82 Å². The van der Waals surface area contributed by atoms with Gasteiger partial charge in [0.25, 0.3) is 0 Å². The summed E-state index contributed by atoms with van der Waals surface area (Å²) in [5.74, 6) is -0.252. The molecule has 0 bridgehead atoms. The predicted molar refractivity (Wildman–Crippen MR) is 72.9 cm³/mol. The molecule has 17 heavy (non-hydrogen) atoms. The van der Waals surface area contributed by atoms with Gasteiger partial charge in [-0.05, 0) is 29.8 Å². The predicted octanol–water partition coefficient (Wildman–Crippen LogP) is 4.85. The minimum atomic E-state index is -0.252. The fraction of sp³-hybridized carbons (Fsp3) is 0.0769. The van der Waals surface area contributed by atoms with Crippen LogP contribution in [0.5, 0.6) is 0 Å². The molecule has 0 saturated carbocycles. The summed E-state index contributed by atoms with van der Waals surface area (Å²) in [7, 11) is 0. The van der Waals surface area contributed by atoms with Gasteiger partial charge in [-0.1, -0.05) is 45.7 Å². The van der Waals surface area contributed by atoms with E-state index >= 15 is 0 Å². The molecule has 0 amide bonds. The standard InChI is InChI=1S/C13H10BrClFN/c14-11-7-10(15)6-5-9(11)8-17-13-4-2-1-3-12(13)16/h1-7,17H,8H2. The van der Waals surface area contributed by atoms with Gasteiger partial charge in [-0.3, -0.25) is 0 Å². The van der Waals surface area contributed by atoms with Crippen LogP contribution in [0.25, 0.3) is 0 Å². The highest BCUT2D eigenvalue weighted by Crippen LogP contribution is 2.23. The van der Waals surface area contributed by atoms with Gasteiger partial charge in [0, 0.05) is 16.0 Å². The van der Waals surface area contributed by atoms with Crippen molar-refractivity contribution in [3.63, 3.8) is 0 Å². The second-order valence-corrected chi connectivity index (χ2v) is 4.86. The van der Waals surface area contributed by atoms with Crippen LogP contribution in [0.15, 0.2) is 46.9 Å². The molecule has 2 aromatic rings. The first-order chi connectivity index (χ1) is 8.16. The summed E-state index contributed by atoms with van der Waals surface area (Å²) in [5, 5.41) is 3.71. The molecule has 0 atom stereocenters. The third-order valence-corrected chi connectivity index (χ3v) is 3.33. The molecule has 0 heterocycles. The zero-order valence-electron chi connectivity index (χ0n) is 8.88. The number of anilines is 1. The topological polar surface area (TPSA) is 12.0 Å². The molecule has 4 heteroatoms. The summed E-state index contributed by atoms with van der Waals surface area (Å²) >= 11 is 9.27. The Labute approximate surface area is 113 Å². The van der Waals surface area contributed by atoms with Crippen LogP contribution in [0.4, 0.5) is 10.1 Å². The van der Waals surface area contributed by atoms with Crippen molar-refractivity contribution in [3.05, 3.63) is 63.3 Å². The lowest BCUT2D eigenvalue weighted by atomic mass is 10.2. The van der Waals surface area contributed by atoms with Crippen LogP contribution in [0.2, 0.25) is 5.02 Å². The van der Waals surface area contributed by atoms with E-state index in [1.807, 2.05) is 18.2 Å². The smallest absolute Gasteiger partial charge is 0.146 e. The average molecular weight is 315 g/mol. The number of hydrogen-bond acceptors (Lipinski definition) is 1. The van der Waals surface area contributed by atoms with Crippen molar-refractivity contribution in [2.45, 2.75) is 6.54 Å². The molecule has 1 nitrogen and oxygen atoms in total. The van der Waals surface area contributed by atoms with Gasteiger partial charge in [-0.25, -0.2) is 4.39 Å². The van der Waals surface area contributed by atoms with E-state index in [1.54, 1.807) is 18.2 Å². The molecular weight excluding hydrogens is 305 g/mol. The van der Waals surface area contributed by atoms with Gasteiger partial charge < -0.3 is 5.32 Å². The van der Waals surface area contributed by atoms with Crippen LogP contribution < -0.4 is 5.32 Å². The van der Waals surface area contributed by atoms with Crippen LogP contribution in [0.3, 0.4) is 0 Å². The quantitative estimate of drug-likeness (QED) is 0.853. The number of para-hydroxylation sites is 1. The molecule has 88 valence electrons. The van der Waals surface area contributed by atoms with Gasteiger partial charge >= 0.3 is 0 Å². The van der Waals surface area contributed by atoms with E-state index in [2.05, 4.69) is 21.2 Å². The Balaban J connectivity index is 2.10. The van der Waals surface area contributed by atoms with Gasteiger partial charge in [0.2, 0.25) is 0 Å². The Morgan fingerprint density at radius 2 is 1.94 bits per heavy atom. The monoisotopic (exact) mass is 313 g/mol. The molecule has 0 saturated heterocycles. The first-order valence-electron chi connectivity index (χ1n) is 5.09. The Kier molecular flexibility index (Phi) is 4.02. The second-order valence-electron chi connectivity index (χ2n) is 3.57. The Bertz CT molecular complexity index is 531. The molecule has 0 unspecified atom stereocenters. The normalized spacial score (nSPS) is 10.3. The van der Waals surface area contributed by atoms with E-state index in [9.17, 15) is 4.39 Å². The summed E-state index contributed by atoms with van der Waals surface area (Å²) < 4.78 is 14.3. The SMILES string of the molecule is Fc1ccccc1NCc1ccc(Cl)cc1Br. The molecule has 0 spiro atoms. The highest BCUT2D eigenvalue weighted by Gasteiger charge is 2.03. The number of benzene rings is 2. The number of rotatable bonds is 3. The fourth-order valence-corrected chi connectivity index (χ4v) is 2.28. The van der Waals surface area contributed by atoms with Gasteiger partial charge in [-0.15, -0.1) is 0 Å². The average Bonchev–Trinajstić information content (AvgIpc) is 2.30. The van der Waals surface area contributed by atoms with Crippen molar-refractivity contribution in [1.82, 2.24) is 0 Å². The molecule has 0 aliphatic rings. The molecule has 0 aromatic heterocycles. The molecule has 0 fully saturated rings. The van der Waals surface area contributed by atoms with E-state index in [-0.39, 0.29) is 5.82 Å². The number of nitrogens with one attached hydrogen (secondary N) is 1. The molecule has 2 aromatic carbocycles. The lowest BCUT2D eigenvalue weighted by molar-refractivity contribution is 0.630. The zero-order valence-corrected chi connectivity index (χ0v) is 11.2. The third kappa shape index (κ3) is 3.20. The maximum Gasteiger partial charge on any atom is 0.146 e. The van der Waals surface area contributed by atoms with E-state index in [1.165, 1.54) is 6.07 Å². The van der Waals surface area contributed by atoms with Crippen molar-refractivity contribution >= 4 is 33.2 Å². The van der Waals surface area contributed by atoms with E-state index in [4.69, 9.17) is 11.6 Å². The highest BCUT2D eigenvalue weighted by atomic mass is 79.9. The van der Waals surface area contributed by atoms with Crippen molar-refractivity contribution in [2.24, 2.45) is 0 Å². The zero-order chi connectivity index (χ0) is 12.3. The second kappa shape index (κ2) is 5.52. The minimum absolute atomic E-state index is 0.252. The maximum absolute atomic E-state index is 13.4. The summed E-state index contributed by atoms with van der Waals surface area (Å²) in [6.45, 7) is 0.540. The first kappa shape index (κ1) is 12.4. The van der Waals surface area contributed by atoms with Crippen molar-refractivity contribution in [1.29, 1.82) is 0 Å². The van der Waals surface area contributed by atoms with E-state index < -0.39 is 0 Å². The van der Waals surface area contributed by atoms with Crippen molar-refractivity contribution in [3.8, 4) is 0 Å². The molecule has 0 aliphatic heterocycles. The lowest BCUT2D eigenvalue weighted by Crippen LogP contribution is -2.01. The van der Waals surface area contributed by atoms with Crippen molar-refractivity contribution < 1.29 is 4.39 Å². The molecule has 2 rings (SSSR count). The summed E-state index contributed by atoms with van der Waals surface area (Å²) in [4.78, 5) is 0. The molecular formula is C13H10BrClFN. The molecule has 0 radical (unpaired) electrons. The Morgan fingerprint density at radius 1 is 1.18 bits per heavy atom. The van der Waals surface area contributed by atoms with Crippen LogP contribution in [-0.4, -0.2) is 0 Å². The van der Waals surface area contributed by atoms with Gasteiger partial charge in [-0.2, -0.15) is 0 Å². The van der Waals surface area contributed by atoms with Crippen LogP contribution in [0.1, 0.15) is 5.56 Å². The van der Waals surface area contributed by atoms with Crippen LogP contribution in [0, 0.1) is 5.82 Å². The minimum Gasteiger partial charge on any atom is -0.379 e. The number of halogens is 3. The third-order valence-electron chi connectivity index (χ3n) is 2.36. The van der Waals surface area contributed by atoms with E-state index in [0.717, 1.165) is 10.0 Å². The first-order valence-corrected chi connectivity index (χ1v) is 6.26. The lowest BCUT2D eigenvalue weighted by Gasteiger charge is -2.09. The summed E-state index contributed by atoms with van der Waals surface area (Å²) in [5.41, 5.74) is 1.52. The molecule has 1 N–H and O–H groups in total. The Hall–Kier alpha value is -1.06. The van der Waals surface area contributed by atoms with Crippen LogP contribution >= 0.6 is 27.5 Å².